The maximum atomic E-state index is 12.4. The molecular formula is C16H24ClNO2. The topological polar surface area (TPSA) is 52.3 Å². The Kier molecular flexibility index (Phi) is 6.03. The molecule has 1 fully saturated rings. The molecule has 0 amide bonds. The number of carbonyl (C=O) groups excluding carboxylic acids is 1. The van der Waals surface area contributed by atoms with E-state index in [1.165, 1.54) is 0 Å². The van der Waals surface area contributed by atoms with E-state index in [4.69, 9.17) is 10.5 Å². The second kappa shape index (κ2) is 7.09. The smallest absolute Gasteiger partial charge is 0.312 e. The fourth-order valence-electron chi connectivity index (χ4n) is 2.93. The Morgan fingerprint density at radius 2 is 2.05 bits per heavy atom. The van der Waals surface area contributed by atoms with Crippen LogP contribution in [0.5, 0.6) is 0 Å². The van der Waals surface area contributed by atoms with Gasteiger partial charge in [0.05, 0.1) is 5.41 Å². The molecule has 0 aromatic heterocycles. The van der Waals surface area contributed by atoms with Crippen molar-refractivity contribution in [2.24, 2.45) is 17.1 Å². The summed E-state index contributed by atoms with van der Waals surface area (Å²) in [6.07, 6.45) is 2.51. The van der Waals surface area contributed by atoms with Crippen LogP contribution >= 0.6 is 12.4 Å². The zero-order valence-corrected chi connectivity index (χ0v) is 13.0. The highest BCUT2D eigenvalue weighted by Gasteiger charge is 2.47. The fraction of sp³-hybridized carbons (Fsp3) is 0.562. The molecule has 20 heavy (non-hydrogen) atoms. The molecule has 1 saturated carbocycles. The van der Waals surface area contributed by atoms with Crippen LogP contribution in [0.1, 0.15) is 38.7 Å². The monoisotopic (exact) mass is 297 g/mol. The summed E-state index contributed by atoms with van der Waals surface area (Å²) < 4.78 is 5.53. The van der Waals surface area contributed by atoms with Gasteiger partial charge in [0.15, 0.2) is 0 Å². The van der Waals surface area contributed by atoms with Crippen LogP contribution in [0, 0.1) is 11.3 Å². The standard InChI is InChI=1S/C16H23NO2.ClH/c1-12(2)16(9-8-14(17)10-16)15(18)19-11-13-6-4-3-5-7-13;/h3-7,12,14H,8-11,17H2,1-2H3;1H. The molecule has 0 heterocycles. The molecule has 0 bridgehead atoms. The van der Waals surface area contributed by atoms with E-state index in [1.807, 2.05) is 30.3 Å². The van der Waals surface area contributed by atoms with Gasteiger partial charge >= 0.3 is 5.97 Å². The van der Waals surface area contributed by atoms with Gasteiger partial charge in [-0.3, -0.25) is 4.79 Å². The maximum absolute atomic E-state index is 12.4. The molecule has 1 aliphatic carbocycles. The first-order valence-corrected chi connectivity index (χ1v) is 7.01. The van der Waals surface area contributed by atoms with Crippen molar-refractivity contribution in [2.75, 3.05) is 0 Å². The number of esters is 1. The first-order chi connectivity index (χ1) is 9.04. The lowest BCUT2D eigenvalue weighted by Gasteiger charge is -2.31. The van der Waals surface area contributed by atoms with Crippen molar-refractivity contribution in [3.05, 3.63) is 35.9 Å². The summed E-state index contributed by atoms with van der Waals surface area (Å²) in [5.41, 5.74) is 6.63. The van der Waals surface area contributed by atoms with Gasteiger partial charge in [0, 0.05) is 6.04 Å². The van der Waals surface area contributed by atoms with Crippen LogP contribution in [0.2, 0.25) is 0 Å². The number of nitrogens with two attached hydrogens (primary N) is 1. The van der Waals surface area contributed by atoms with E-state index in [9.17, 15) is 4.79 Å². The van der Waals surface area contributed by atoms with Crippen LogP contribution in [0.25, 0.3) is 0 Å². The lowest BCUT2D eigenvalue weighted by molar-refractivity contribution is -0.160. The maximum Gasteiger partial charge on any atom is 0.312 e. The van der Waals surface area contributed by atoms with E-state index in [1.54, 1.807) is 0 Å². The zero-order chi connectivity index (χ0) is 13.9. The average Bonchev–Trinajstić information content (AvgIpc) is 2.81. The van der Waals surface area contributed by atoms with Crippen LogP contribution in [-0.2, 0) is 16.1 Å². The van der Waals surface area contributed by atoms with Crippen molar-refractivity contribution in [3.63, 3.8) is 0 Å². The number of hydrogen-bond acceptors (Lipinski definition) is 3. The van der Waals surface area contributed by atoms with Crippen molar-refractivity contribution in [3.8, 4) is 0 Å². The Hall–Kier alpha value is -1.06. The molecule has 1 aromatic rings. The van der Waals surface area contributed by atoms with Crippen LogP contribution in [0.3, 0.4) is 0 Å². The van der Waals surface area contributed by atoms with Gasteiger partial charge < -0.3 is 10.5 Å². The molecule has 0 radical (unpaired) electrons. The van der Waals surface area contributed by atoms with Crippen molar-refractivity contribution >= 4 is 18.4 Å². The molecule has 4 heteroatoms. The summed E-state index contributed by atoms with van der Waals surface area (Å²) in [5, 5.41) is 0. The lowest BCUT2D eigenvalue weighted by atomic mass is 9.75. The second-order valence-electron chi connectivity index (χ2n) is 5.88. The Bertz CT molecular complexity index is 435. The van der Waals surface area contributed by atoms with Crippen molar-refractivity contribution in [1.29, 1.82) is 0 Å². The van der Waals surface area contributed by atoms with Crippen LogP contribution in [0.15, 0.2) is 30.3 Å². The minimum atomic E-state index is -0.381. The molecule has 0 aliphatic heterocycles. The van der Waals surface area contributed by atoms with E-state index in [-0.39, 0.29) is 35.8 Å². The minimum absolute atomic E-state index is 0. The Morgan fingerprint density at radius 3 is 2.55 bits per heavy atom. The first-order valence-electron chi connectivity index (χ1n) is 7.01. The molecular weight excluding hydrogens is 274 g/mol. The molecule has 0 saturated heterocycles. The van der Waals surface area contributed by atoms with Gasteiger partial charge in [-0.25, -0.2) is 0 Å². The third-order valence-corrected chi connectivity index (χ3v) is 4.31. The number of halogens is 1. The third kappa shape index (κ3) is 3.53. The summed E-state index contributed by atoms with van der Waals surface area (Å²) in [6, 6.07) is 9.92. The summed E-state index contributed by atoms with van der Waals surface area (Å²) in [6.45, 7) is 4.52. The van der Waals surface area contributed by atoms with Gasteiger partial charge in [-0.05, 0) is 30.7 Å². The van der Waals surface area contributed by atoms with Gasteiger partial charge in [-0.15, -0.1) is 12.4 Å². The highest BCUT2D eigenvalue weighted by atomic mass is 35.5. The number of benzene rings is 1. The number of hydrogen-bond donors (Lipinski definition) is 1. The first kappa shape index (κ1) is 17.0. The zero-order valence-electron chi connectivity index (χ0n) is 12.2. The summed E-state index contributed by atoms with van der Waals surface area (Å²) in [7, 11) is 0. The van der Waals surface area contributed by atoms with Gasteiger partial charge in [0.2, 0.25) is 0 Å². The molecule has 3 nitrogen and oxygen atoms in total. The van der Waals surface area contributed by atoms with Crippen molar-refractivity contribution in [1.82, 2.24) is 0 Å². The fourth-order valence-corrected chi connectivity index (χ4v) is 2.93. The van der Waals surface area contributed by atoms with E-state index < -0.39 is 0 Å². The van der Waals surface area contributed by atoms with Gasteiger partial charge in [-0.1, -0.05) is 44.2 Å². The third-order valence-electron chi connectivity index (χ3n) is 4.31. The molecule has 2 unspecified atom stereocenters. The minimum Gasteiger partial charge on any atom is -0.460 e. The van der Waals surface area contributed by atoms with Gasteiger partial charge in [-0.2, -0.15) is 0 Å². The van der Waals surface area contributed by atoms with Crippen molar-refractivity contribution in [2.45, 2.75) is 45.8 Å². The molecule has 2 N–H and O–H groups in total. The largest absolute Gasteiger partial charge is 0.460 e. The van der Waals surface area contributed by atoms with E-state index in [0.717, 1.165) is 24.8 Å². The Morgan fingerprint density at radius 1 is 1.40 bits per heavy atom. The summed E-state index contributed by atoms with van der Waals surface area (Å²) in [4.78, 5) is 12.4. The average molecular weight is 298 g/mol. The van der Waals surface area contributed by atoms with E-state index >= 15 is 0 Å². The Labute approximate surface area is 127 Å². The normalized spacial score (nSPS) is 25.3. The summed E-state index contributed by atoms with van der Waals surface area (Å²) in [5.74, 6) is 0.184. The van der Waals surface area contributed by atoms with E-state index in [0.29, 0.717) is 6.61 Å². The second-order valence-corrected chi connectivity index (χ2v) is 5.88. The van der Waals surface area contributed by atoms with Crippen molar-refractivity contribution < 1.29 is 9.53 Å². The molecule has 1 aliphatic rings. The highest BCUT2D eigenvalue weighted by Crippen LogP contribution is 2.44. The molecule has 2 rings (SSSR count). The van der Waals surface area contributed by atoms with Gasteiger partial charge in [0.25, 0.3) is 0 Å². The summed E-state index contributed by atoms with van der Waals surface area (Å²) >= 11 is 0. The van der Waals surface area contributed by atoms with E-state index in [2.05, 4.69) is 13.8 Å². The molecule has 2 atom stereocenters. The quantitative estimate of drug-likeness (QED) is 0.868. The molecule has 112 valence electrons. The molecule has 0 spiro atoms. The van der Waals surface area contributed by atoms with Crippen LogP contribution in [0.4, 0.5) is 0 Å². The van der Waals surface area contributed by atoms with Crippen LogP contribution in [-0.4, -0.2) is 12.0 Å². The number of rotatable bonds is 4. The number of carbonyl (C=O) groups is 1. The Balaban J connectivity index is 0.00000200. The SMILES string of the molecule is CC(C)C1(C(=O)OCc2ccccc2)CCC(N)C1.Cl. The predicted molar refractivity (Wildman–Crippen MR) is 82.6 cm³/mol. The predicted octanol–water partition coefficient (Wildman–Crippen LogP) is 3.31. The van der Waals surface area contributed by atoms with Crippen LogP contribution < -0.4 is 5.73 Å². The highest BCUT2D eigenvalue weighted by molar-refractivity contribution is 5.85. The van der Waals surface area contributed by atoms with Gasteiger partial charge in [0.1, 0.15) is 6.61 Å². The number of ether oxygens (including phenoxy) is 1. The molecule has 1 aromatic carbocycles. The lowest BCUT2D eigenvalue weighted by Crippen LogP contribution is -2.36.